The predicted octanol–water partition coefficient (Wildman–Crippen LogP) is 5.90. The fraction of sp³-hybridized carbons (Fsp3) is 0.407. The van der Waals surface area contributed by atoms with Crippen molar-refractivity contribution in [3.8, 4) is 17.6 Å². The van der Waals surface area contributed by atoms with Gasteiger partial charge in [-0.15, -0.1) is 11.8 Å². The number of benzene rings is 2. The molecule has 0 atom stereocenters. The van der Waals surface area contributed by atoms with Gasteiger partial charge in [-0.25, -0.2) is 0 Å². The molecular weight excluding hydrogens is 485 g/mol. The van der Waals surface area contributed by atoms with Gasteiger partial charge in [-0.3, -0.25) is 0 Å². The van der Waals surface area contributed by atoms with E-state index < -0.39 is 12.7 Å². The van der Waals surface area contributed by atoms with Gasteiger partial charge in [0.25, 0.3) is 0 Å². The summed E-state index contributed by atoms with van der Waals surface area (Å²) in [7, 11) is 3.70. The summed E-state index contributed by atoms with van der Waals surface area (Å²) < 4.78 is 47.1. The van der Waals surface area contributed by atoms with Crippen LogP contribution >= 0.6 is 11.8 Å². The van der Waals surface area contributed by atoms with Crippen molar-refractivity contribution in [2.75, 3.05) is 50.7 Å². The summed E-state index contributed by atoms with van der Waals surface area (Å²) in [6, 6.07) is 13.3. The smallest absolute Gasteiger partial charge is 0.406 e. The molecule has 2 aromatic carbocycles. The van der Waals surface area contributed by atoms with E-state index in [0.717, 1.165) is 47.6 Å². The number of aromatic nitrogens is 1. The van der Waals surface area contributed by atoms with Crippen LogP contribution in [0, 0.1) is 11.8 Å². The molecule has 0 bridgehead atoms. The van der Waals surface area contributed by atoms with Crippen molar-refractivity contribution >= 4 is 34.0 Å². The van der Waals surface area contributed by atoms with Crippen molar-refractivity contribution in [2.45, 2.75) is 36.5 Å². The van der Waals surface area contributed by atoms with Crippen LogP contribution in [0.5, 0.6) is 5.75 Å². The minimum atomic E-state index is -4.36. The number of nitrogens with one attached hydrogen (secondary N) is 2. The van der Waals surface area contributed by atoms with Crippen molar-refractivity contribution < 1.29 is 17.9 Å². The van der Waals surface area contributed by atoms with Crippen LogP contribution in [0.2, 0.25) is 0 Å². The zero-order chi connectivity index (χ0) is 25.7. The van der Waals surface area contributed by atoms with Gasteiger partial charge in [0.2, 0.25) is 0 Å². The first-order chi connectivity index (χ1) is 17.3. The summed E-state index contributed by atoms with van der Waals surface area (Å²) in [5.41, 5.74) is 2.50. The Balaban J connectivity index is 1.59. The molecule has 0 saturated carbocycles. The molecule has 1 aromatic heterocycles. The lowest BCUT2D eigenvalue weighted by atomic mass is 10.0. The van der Waals surface area contributed by atoms with E-state index in [9.17, 15) is 13.2 Å². The molecule has 1 fully saturated rings. The van der Waals surface area contributed by atoms with Crippen LogP contribution < -0.4 is 15.4 Å². The van der Waals surface area contributed by atoms with Crippen molar-refractivity contribution in [1.29, 1.82) is 0 Å². The predicted molar refractivity (Wildman–Crippen MR) is 142 cm³/mol. The van der Waals surface area contributed by atoms with Crippen molar-refractivity contribution in [3.05, 3.63) is 48.2 Å². The molecule has 0 amide bonds. The molecule has 2 heterocycles. The molecule has 9 heteroatoms. The SMILES string of the molecule is COc1cc(SC)ccc1NCC#Cc1cc2c(NC3CCN(C)CC3)cccc2n1CC(F)(F)F. The number of anilines is 2. The van der Waals surface area contributed by atoms with E-state index in [4.69, 9.17) is 4.74 Å². The third-order valence-corrected chi connectivity index (χ3v) is 7.08. The number of ether oxygens (including phenoxy) is 1. The molecule has 36 heavy (non-hydrogen) atoms. The highest BCUT2D eigenvalue weighted by Gasteiger charge is 2.30. The minimum absolute atomic E-state index is 0.267. The molecule has 1 aliphatic rings. The number of hydrogen-bond acceptors (Lipinski definition) is 5. The Bertz CT molecular complexity index is 1250. The van der Waals surface area contributed by atoms with Crippen molar-refractivity contribution in [1.82, 2.24) is 9.47 Å². The number of alkyl halides is 3. The molecule has 4 rings (SSSR count). The van der Waals surface area contributed by atoms with E-state index in [1.807, 2.05) is 30.5 Å². The quantitative estimate of drug-likeness (QED) is 0.302. The topological polar surface area (TPSA) is 41.5 Å². The third-order valence-electron chi connectivity index (χ3n) is 6.35. The Kier molecular flexibility index (Phi) is 8.27. The highest BCUT2D eigenvalue weighted by atomic mass is 32.2. The Morgan fingerprint density at radius 2 is 1.89 bits per heavy atom. The largest absolute Gasteiger partial charge is 0.495 e. The number of piperidine rings is 1. The zero-order valence-electron chi connectivity index (χ0n) is 20.7. The second-order valence-electron chi connectivity index (χ2n) is 8.91. The fourth-order valence-electron chi connectivity index (χ4n) is 4.46. The van der Waals surface area contributed by atoms with Crippen LogP contribution in [0.25, 0.3) is 10.9 Å². The summed E-state index contributed by atoms with van der Waals surface area (Å²) in [5.74, 6) is 6.64. The van der Waals surface area contributed by atoms with Crippen molar-refractivity contribution in [2.24, 2.45) is 0 Å². The van der Waals surface area contributed by atoms with Gasteiger partial charge in [-0.1, -0.05) is 12.0 Å². The Labute approximate surface area is 214 Å². The first-order valence-corrected chi connectivity index (χ1v) is 13.1. The number of likely N-dealkylation sites (tertiary alicyclic amines) is 1. The molecule has 0 unspecified atom stereocenters. The number of hydrogen-bond donors (Lipinski definition) is 2. The van der Waals surface area contributed by atoms with Gasteiger partial charge in [-0.2, -0.15) is 13.2 Å². The average molecular weight is 517 g/mol. The number of halogens is 3. The maximum absolute atomic E-state index is 13.5. The van der Waals surface area contributed by atoms with Crippen LogP contribution in [0.15, 0.2) is 47.4 Å². The van der Waals surface area contributed by atoms with Gasteiger partial charge >= 0.3 is 6.18 Å². The summed E-state index contributed by atoms with van der Waals surface area (Å²) in [6.07, 6.45) is -0.377. The average Bonchev–Trinajstić information content (AvgIpc) is 3.20. The molecule has 0 aliphatic carbocycles. The van der Waals surface area contributed by atoms with Crippen molar-refractivity contribution in [3.63, 3.8) is 0 Å². The number of thioether (sulfide) groups is 1. The number of nitrogens with zero attached hydrogens (tertiary/aromatic N) is 2. The van der Waals surface area contributed by atoms with E-state index >= 15 is 0 Å². The molecule has 0 radical (unpaired) electrons. The monoisotopic (exact) mass is 516 g/mol. The normalized spacial score (nSPS) is 14.9. The lowest BCUT2D eigenvalue weighted by Gasteiger charge is -2.30. The standard InChI is InChI=1S/C27H31F3N4OS/c1-33-14-11-19(12-15-33)32-23-7-4-8-25-22(23)16-20(34(25)18-27(28,29)30)6-5-13-31-24-10-9-21(36-3)17-26(24)35-2/h4,7-10,16-17,19,31-32H,11-15,18H2,1-3H3. The minimum Gasteiger partial charge on any atom is -0.495 e. The lowest BCUT2D eigenvalue weighted by Crippen LogP contribution is -2.36. The van der Waals surface area contributed by atoms with E-state index in [2.05, 4.69) is 34.4 Å². The highest BCUT2D eigenvalue weighted by molar-refractivity contribution is 7.98. The Hall–Kier alpha value is -2.96. The molecule has 5 nitrogen and oxygen atoms in total. The van der Waals surface area contributed by atoms with Crippen LogP contribution in [-0.4, -0.2) is 61.7 Å². The zero-order valence-corrected chi connectivity index (χ0v) is 21.5. The van der Waals surface area contributed by atoms with E-state index in [-0.39, 0.29) is 6.54 Å². The van der Waals surface area contributed by atoms with Gasteiger partial charge in [0.1, 0.15) is 12.3 Å². The summed E-state index contributed by atoms with van der Waals surface area (Å²) in [6.45, 7) is 1.17. The van der Waals surface area contributed by atoms with Gasteiger partial charge in [0.05, 0.1) is 30.6 Å². The highest BCUT2D eigenvalue weighted by Crippen LogP contribution is 2.32. The second kappa shape index (κ2) is 11.4. The lowest BCUT2D eigenvalue weighted by molar-refractivity contribution is -0.140. The van der Waals surface area contributed by atoms with E-state index in [1.54, 1.807) is 37.1 Å². The number of fused-ring (bicyclic) bond motifs is 1. The van der Waals surface area contributed by atoms with Gasteiger partial charge in [0.15, 0.2) is 0 Å². The third kappa shape index (κ3) is 6.42. The Morgan fingerprint density at radius 3 is 2.58 bits per heavy atom. The number of rotatable bonds is 7. The van der Waals surface area contributed by atoms with Crippen LogP contribution in [-0.2, 0) is 6.54 Å². The van der Waals surface area contributed by atoms with Gasteiger partial charge < -0.3 is 24.8 Å². The van der Waals surface area contributed by atoms with E-state index in [0.29, 0.717) is 23.0 Å². The van der Waals surface area contributed by atoms with Crippen LogP contribution in [0.1, 0.15) is 18.5 Å². The first-order valence-electron chi connectivity index (χ1n) is 11.9. The van der Waals surface area contributed by atoms with Gasteiger partial charge in [0, 0.05) is 22.0 Å². The molecule has 1 aliphatic heterocycles. The molecular formula is C27H31F3N4OS. The van der Waals surface area contributed by atoms with Crippen LogP contribution in [0.3, 0.4) is 0 Å². The van der Waals surface area contributed by atoms with Crippen LogP contribution in [0.4, 0.5) is 24.5 Å². The molecule has 0 spiro atoms. The van der Waals surface area contributed by atoms with E-state index in [1.165, 1.54) is 4.57 Å². The summed E-state index contributed by atoms with van der Waals surface area (Å²) >= 11 is 1.61. The molecule has 2 N–H and O–H groups in total. The number of methoxy groups -OCH3 is 1. The first kappa shape index (κ1) is 26.1. The molecule has 3 aromatic rings. The Morgan fingerprint density at radius 1 is 1.11 bits per heavy atom. The molecule has 192 valence electrons. The van der Waals surface area contributed by atoms with Gasteiger partial charge in [-0.05, 0) is 81.6 Å². The second-order valence-corrected chi connectivity index (χ2v) is 9.79. The summed E-state index contributed by atoms with van der Waals surface area (Å²) in [4.78, 5) is 3.36. The maximum atomic E-state index is 13.5. The maximum Gasteiger partial charge on any atom is 0.406 e. The molecule has 1 saturated heterocycles. The fourth-order valence-corrected chi connectivity index (χ4v) is 4.88. The summed E-state index contributed by atoms with van der Waals surface area (Å²) in [5, 5.41) is 7.52.